The van der Waals surface area contributed by atoms with Crippen molar-refractivity contribution in [1.82, 2.24) is 20.3 Å². The van der Waals surface area contributed by atoms with Crippen LogP contribution in [0.5, 0.6) is 0 Å². The van der Waals surface area contributed by atoms with E-state index >= 15 is 0 Å². The van der Waals surface area contributed by atoms with Crippen LogP contribution >= 0.6 is 0 Å². The molecule has 0 saturated carbocycles. The van der Waals surface area contributed by atoms with Crippen LogP contribution in [0.2, 0.25) is 0 Å². The molecule has 0 aromatic carbocycles. The quantitative estimate of drug-likeness (QED) is 0.683. The van der Waals surface area contributed by atoms with Gasteiger partial charge in [-0.1, -0.05) is 15.4 Å². The van der Waals surface area contributed by atoms with Crippen molar-refractivity contribution in [2.24, 2.45) is 0 Å². The van der Waals surface area contributed by atoms with Gasteiger partial charge in [0.25, 0.3) is 0 Å². The van der Waals surface area contributed by atoms with Crippen molar-refractivity contribution < 1.29 is 8.94 Å². The summed E-state index contributed by atoms with van der Waals surface area (Å²) in [4.78, 5) is 3.84. The number of anilines is 2. The minimum Gasteiger partial charge on any atom is -0.390 e. The van der Waals surface area contributed by atoms with Crippen LogP contribution in [0.1, 0.15) is 5.82 Å². The molecule has 2 aromatic rings. The second-order valence-corrected chi connectivity index (χ2v) is 2.47. The molecule has 0 spiro atoms. The van der Waals surface area contributed by atoms with Crippen LogP contribution < -0.4 is 11.1 Å². The second kappa shape index (κ2) is 3.73. The van der Waals surface area contributed by atoms with Gasteiger partial charge in [-0.2, -0.15) is 4.98 Å². The summed E-state index contributed by atoms with van der Waals surface area (Å²) in [7, 11) is 0. The van der Waals surface area contributed by atoms with Gasteiger partial charge in [0.15, 0.2) is 5.82 Å². The first-order chi connectivity index (χ1) is 6.84. The van der Waals surface area contributed by atoms with Crippen molar-refractivity contribution in [2.45, 2.75) is 6.42 Å². The number of rotatable bonds is 4. The Balaban J connectivity index is 1.78. The van der Waals surface area contributed by atoms with E-state index in [2.05, 4.69) is 30.2 Å². The number of hydrogen-bond donors (Lipinski definition) is 2. The maximum absolute atomic E-state index is 5.22. The van der Waals surface area contributed by atoms with Gasteiger partial charge in [-0.25, -0.2) is 0 Å². The Bertz CT molecular complexity index is 383. The third-order valence-electron chi connectivity index (χ3n) is 1.47. The molecule has 2 heterocycles. The molecule has 0 fully saturated rings. The Kier molecular flexibility index (Phi) is 2.26. The monoisotopic (exact) mass is 196 g/mol. The fourth-order valence-electron chi connectivity index (χ4n) is 0.890. The van der Waals surface area contributed by atoms with E-state index in [1.165, 1.54) is 6.39 Å². The lowest BCUT2D eigenvalue weighted by Crippen LogP contribution is -2.06. The van der Waals surface area contributed by atoms with Crippen LogP contribution in [-0.4, -0.2) is 26.9 Å². The lowest BCUT2D eigenvalue weighted by Gasteiger charge is -1.95. The minimum absolute atomic E-state index is 0.0343. The molecule has 74 valence electrons. The maximum Gasteiger partial charge on any atom is 0.316 e. The summed E-state index contributed by atoms with van der Waals surface area (Å²) in [5, 5.41) is 13.6. The third-order valence-corrected chi connectivity index (χ3v) is 1.47. The number of aromatic nitrogens is 4. The van der Waals surface area contributed by atoms with E-state index in [4.69, 9.17) is 10.2 Å². The molecule has 3 N–H and O–H groups in total. The van der Waals surface area contributed by atoms with E-state index in [1.54, 1.807) is 0 Å². The van der Waals surface area contributed by atoms with Crippen molar-refractivity contribution >= 4 is 12.0 Å². The van der Waals surface area contributed by atoms with Crippen LogP contribution in [0.3, 0.4) is 0 Å². The molecule has 14 heavy (non-hydrogen) atoms. The van der Waals surface area contributed by atoms with E-state index in [0.717, 1.165) is 0 Å². The molecule has 0 atom stereocenters. The standard InChI is InChI=1S/C6H8N6O2/c7-5-10-11-6(14-5)8-2-1-4-9-3-13-12-4/h3H,1-2H2,(H2,7,10)(H,8,11). The van der Waals surface area contributed by atoms with Gasteiger partial charge in [0.05, 0.1) is 0 Å². The molecule has 0 radical (unpaired) electrons. The molecule has 0 aliphatic heterocycles. The summed E-state index contributed by atoms with van der Waals surface area (Å²) in [5.74, 6) is 0.616. The fraction of sp³-hybridized carbons (Fsp3) is 0.333. The number of nitrogen functional groups attached to an aromatic ring is 1. The highest BCUT2D eigenvalue weighted by Crippen LogP contribution is 2.05. The molecule has 0 unspecified atom stereocenters. The van der Waals surface area contributed by atoms with Crippen molar-refractivity contribution in [2.75, 3.05) is 17.6 Å². The topological polar surface area (TPSA) is 116 Å². The smallest absolute Gasteiger partial charge is 0.316 e. The summed E-state index contributed by atoms with van der Waals surface area (Å²) >= 11 is 0. The summed E-state index contributed by atoms with van der Waals surface area (Å²) < 4.78 is 9.44. The summed E-state index contributed by atoms with van der Waals surface area (Å²) in [6, 6.07) is 0.318. The highest BCUT2D eigenvalue weighted by Gasteiger charge is 2.02. The van der Waals surface area contributed by atoms with Gasteiger partial charge in [0.2, 0.25) is 6.39 Å². The first-order valence-electron chi connectivity index (χ1n) is 3.92. The maximum atomic E-state index is 5.22. The average molecular weight is 196 g/mol. The molecule has 0 amide bonds. The van der Waals surface area contributed by atoms with Gasteiger partial charge in [-0.05, 0) is 0 Å². The Labute approximate surface area is 78.5 Å². The van der Waals surface area contributed by atoms with Crippen LogP contribution in [0.25, 0.3) is 0 Å². The number of nitrogens with zero attached hydrogens (tertiary/aromatic N) is 4. The zero-order chi connectivity index (χ0) is 9.80. The van der Waals surface area contributed by atoms with Crippen molar-refractivity contribution in [3.8, 4) is 0 Å². The summed E-state index contributed by atoms with van der Waals surface area (Å²) in [6.45, 7) is 0.571. The van der Waals surface area contributed by atoms with Crippen molar-refractivity contribution in [3.05, 3.63) is 12.2 Å². The van der Waals surface area contributed by atoms with Crippen LogP contribution in [0, 0.1) is 0 Å². The predicted molar refractivity (Wildman–Crippen MR) is 45.2 cm³/mol. The van der Waals surface area contributed by atoms with Gasteiger partial charge in [0.1, 0.15) is 0 Å². The molecule has 8 heteroatoms. The minimum atomic E-state index is 0.0343. The summed E-state index contributed by atoms with van der Waals surface area (Å²) in [6.07, 6.45) is 1.89. The first-order valence-corrected chi connectivity index (χ1v) is 3.92. The van der Waals surface area contributed by atoms with Gasteiger partial charge >= 0.3 is 12.0 Å². The zero-order valence-electron chi connectivity index (χ0n) is 7.17. The van der Waals surface area contributed by atoms with Crippen LogP contribution in [0.15, 0.2) is 15.3 Å². The van der Waals surface area contributed by atoms with E-state index in [9.17, 15) is 0 Å². The summed E-state index contributed by atoms with van der Waals surface area (Å²) in [5.41, 5.74) is 5.22. The SMILES string of the molecule is Nc1nnc(NCCc2ncon2)o1. The van der Waals surface area contributed by atoms with E-state index in [1.807, 2.05) is 0 Å². The Morgan fingerprint density at radius 3 is 3.00 bits per heavy atom. The van der Waals surface area contributed by atoms with Gasteiger partial charge in [-0.3, -0.25) is 0 Å². The number of nitrogens with two attached hydrogens (primary N) is 1. The number of hydrogen-bond acceptors (Lipinski definition) is 8. The zero-order valence-corrected chi connectivity index (χ0v) is 7.17. The Hall–Kier alpha value is -2.12. The first kappa shape index (κ1) is 8.48. The van der Waals surface area contributed by atoms with Crippen LogP contribution in [-0.2, 0) is 6.42 Å². The molecular weight excluding hydrogens is 188 g/mol. The lowest BCUT2D eigenvalue weighted by atomic mass is 10.4. The van der Waals surface area contributed by atoms with Gasteiger partial charge in [-0.15, -0.1) is 0 Å². The van der Waals surface area contributed by atoms with Crippen molar-refractivity contribution in [1.29, 1.82) is 0 Å². The molecular formula is C6H8N6O2. The molecule has 0 aliphatic carbocycles. The molecule has 0 bridgehead atoms. The van der Waals surface area contributed by atoms with Gasteiger partial charge in [0, 0.05) is 13.0 Å². The molecule has 2 rings (SSSR count). The molecule has 0 aliphatic rings. The van der Waals surface area contributed by atoms with Crippen LogP contribution in [0.4, 0.5) is 12.0 Å². The Morgan fingerprint density at radius 2 is 2.36 bits per heavy atom. The van der Waals surface area contributed by atoms with E-state index in [0.29, 0.717) is 18.8 Å². The predicted octanol–water partition coefficient (Wildman–Crippen LogP) is -0.311. The molecule has 8 nitrogen and oxygen atoms in total. The number of nitrogens with one attached hydrogen (secondary N) is 1. The molecule has 0 saturated heterocycles. The van der Waals surface area contributed by atoms with E-state index in [-0.39, 0.29) is 12.0 Å². The average Bonchev–Trinajstić information content (AvgIpc) is 2.77. The highest BCUT2D eigenvalue weighted by molar-refractivity contribution is 5.22. The largest absolute Gasteiger partial charge is 0.390 e. The van der Waals surface area contributed by atoms with Crippen molar-refractivity contribution in [3.63, 3.8) is 0 Å². The van der Waals surface area contributed by atoms with Gasteiger partial charge < -0.3 is 20.0 Å². The third kappa shape index (κ3) is 1.97. The second-order valence-electron chi connectivity index (χ2n) is 2.47. The fourth-order valence-corrected chi connectivity index (χ4v) is 0.890. The lowest BCUT2D eigenvalue weighted by molar-refractivity contribution is 0.410. The Morgan fingerprint density at radius 1 is 1.43 bits per heavy atom. The molecule has 2 aromatic heterocycles. The normalized spacial score (nSPS) is 10.3. The van der Waals surface area contributed by atoms with E-state index < -0.39 is 0 Å². The highest BCUT2D eigenvalue weighted by atomic mass is 16.5.